The van der Waals surface area contributed by atoms with Gasteiger partial charge in [-0.15, -0.1) is 0 Å². The van der Waals surface area contributed by atoms with Crippen LogP contribution >= 0.6 is 0 Å². The molecule has 2 heterocycles. The summed E-state index contributed by atoms with van der Waals surface area (Å²) in [4.78, 5) is 8.07. The monoisotopic (exact) mass is 201 g/mol. The topological polar surface area (TPSA) is 61.0 Å². The molecule has 2 aromatic rings. The highest BCUT2D eigenvalue weighted by molar-refractivity contribution is 5.32. The number of pyridine rings is 2. The summed E-state index contributed by atoms with van der Waals surface area (Å²) in [7, 11) is 0. The van der Waals surface area contributed by atoms with Crippen molar-refractivity contribution in [1.82, 2.24) is 9.97 Å². The molecule has 2 rings (SSSR count). The molecule has 4 heteroatoms. The fourth-order valence-electron chi connectivity index (χ4n) is 1.12. The molecule has 0 saturated carbocycles. The van der Waals surface area contributed by atoms with Gasteiger partial charge in [-0.05, 0) is 24.3 Å². The molecular weight excluding hydrogens is 190 g/mol. The molecule has 0 aliphatic rings. The summed E-state index contributed by atoms with van der Waals surface area (Å²) in [5, 5.41) is 0. The van der Waals surface area contributed by atoms with E-state index in [0.717, 1.165) is 5.69 Å². The molecule has 15 heavy (non-hydrogen) atoms. The van der Waals surface area contributed by atoms with Crippen LogP contribution < -0.4 is 10.5 Å². The number of aromatic nitrogens is 2. The highest BCUT2D eigenvalue weighted by atomic mass is 16.5. The van der Waals surface area contributed by atoms with Crippen LogP contribution in [0.15, 0.2) is 42.7 Å². The van der Waals surface area contributed by atoms with Crippen LogP contribution in [0.3, 0.4) is 0 Å². The molecular formula is C11H11N3O. The van der Waals surface area contributed by atoms with Crippen LogP contribution in [-0.2, 0) is 6.61 Å². The first kappa shape index (κ1) is 9.45. The van der Waals surface area contributed by atoms with E-state index in [9.17, 15) is 0 Å². The molecule has 0 spiro atoms. The van der Waals surface area contributed by atoms with Gasteiger partial charge in [-0.25, -0.2) is 4.98 Å². The zero-order chi connectivity index (χ0) is 10.5. The van der Waals surface area contributed by atoms with Crippen LogP contribution in [0.1, 0.15) is 5.69 Å². The molecule has 0 unspecified atom stereocenters. The zero-order valence-corrected chi connectivity index (χ0v) is 8.13. The number of nitrogens with two attached hydrogens (primary N) is 1. The van der Waals surface area contributed by atoms with Gasteiger partial charge in [0.1, 0.15) is 18.2 Å². The van der Waals surface area contributed by atoms with Crippen molar-refractivity contribution in [3.8, 4) is 5.75 Å². The van der Waals surface area contributed by atoms with Crippen LogP contribution in [0, 0.1) is 0 Å². The van der Waals surface area contributed by atoms with Crippen molar-refractivity contribution in [2.75, 3.05) is 5.73 Å². The molecule has 0 radical (unpaired) electrons. The molecule has 0 saturated heterocycles. The number of hydrogen-bond donors (Lipinski definition) is 1. The lowest BCUT2D eigenvalue weighted by Crippen LogP contribution is -1.98. The molecule has 0 bridgehead atoms. The first-order valence-corrected chi connectivity index (χ1v) is 4.59. The van der Waals surface area contributed by atoms with Gasteiger partial charge in [0, 0.05) is 6.20 Å². The molecule has 0 amide bonds. The van der Waals surface area contributed by atoms with E-state index < -0.39 is 0 Å². The van der Waals surface area contributed by atoms with Crippen molar-refractivity contribution < 1.29 is 4.74 Å². The molecule has 0 aliphatic heterocycles. The fraction of sp³-hybridized carbons (Fsp3) is 0.0909. The lowest BCUT2D eigenvalue weighted by molar-refractivity contribution is 0.300. The Bertz CT molecular complexity index is 414. The van der Waals surface area contributed by atoms with Gasteiger partial charge in [-0.1, -0.05) is 6.07 Å². The van der Waals surface area contributed by atoms with Crippen molar-refractivity contribution in [3.05, 3.63) is 48.4 Å². The van der Waals surface area contributed by atoms with E-state index in [1.54, 1.807) is 24.5 Å². The van der Waals surface area contributed by atoms with Crippen LogP contribution in [0.2, 0.25) is 0 Å². The van der Waals surface area contributed by atoms with Gasteiger partial charge in [0.25, 0.3) is 0 Å². The minimum atomic E-state index is 0.437. The Morgan fingerprint density at radius 2 is 2.07 bits per heavy atom. The van der Waals surface area contributed by atoms with E-state index in [2.05, 4.69) is 9.97 Å². The minimum Gasteiger partial charge on any atom is -0.486 e. The second-order valence-corrected chi connectivity index (χ2v) is 3.03. The van der Waals surface area contributed by atoms with Crippen molar-refractivity contribution >= 4 is 5.82 Å². The average molecular weight is 201 g/mol. The van der Waals surface area contributed by atoms with Gasteiger partial charge < -0.3 is 10.5 Å². The summed E-state index contributed by atoms with van der Waals surface area (Å²) in [5.74, 6) is 1.18. The lowest BCUT2D eigenvalue weighted by atomic mass is 10.4. The first-order chi connectivity index (χ1) is 7.34. The molecule has 2 aromatic heterocycles. The number of nitrogen functional groups attached to an aromatic ring is 1. The Morgan fingerprint density at radius 3 is 2.73 bits per heavy atom. The quantitative estimate of drug-likeness (QED) is 0.820. The number of nitrogens with zero attached hydrogens (tertiary/aromatic N) is 2. The lowest BCUT2D eigenvalue weighted by Gasteiger charge is -2.04. The maximum atomic E-state index is 5.47. The van der Waals surface area contributed by atoms with Crippen LogP contribution in [0.5, 0.6) is 5.75 Å². The van der Waals surface area contributed by atoms with Gasteiger partial charge in [0.15, 0.2) is 0 Å². The third-order valence-corrected chi connectivity index (χ3v) is 1.87. The minimum absolute atomic E-state index is 0.437. The van der Waals surface area contributed by atoms with Crippen molar-refractivity contribution in [2.45, 2.75) is 6.61 Å². The average Bonchev–Trinajstić information content (AvgIpc) is 2.30. The van der Waals surface area contributed by atoms with Crippen LogP contribution in [-0.4, -0.2) is 9.97 Å². The van der Waals surface area contributed by atoms with E-state index in [4.69, 9.17) is 10.5 Å². The number of anilines is 1. The Hall–Kier alpha value is -2.10. The molecule has 0 atom stereocenters. The maximum absolute atomic E-state index is 5.47. The summed E-state index contributed by atoms with van der Waals surface area (Å²) in [6.45, 7) is 0.437. The van der Waals surface area contributed by atoms with E-state index in [-0.39, 0.29) is 0 Å². The predicted octanol–water partition coefficient (Wildman–Crippen LogP) is 1.64. The molecule has 2 N–H and O–H groups in total. The Balaban J connectivity index is 1.96. The largest absolute Gasteiger partial charge is 0.486 e. The Morgan fingerprint density at radius 1 is 1.13 bits per heavy atom. The van der Waals surface area contributed by atoms with Crippen LogP contribution in [0.25, 0.3) is 0 Å². The summed E-state index contributed by atoms with van der Waals surface area (Å²) in [6, 6.07) is 9.19. The van der Waals surface area contributed by atoms with Crippen molar-refractivity contribution in [1.29, 1.82) is 0 Å². The molecule has 0 aromatic carbocycles. The third-order valence-electron chi connectivity index (χ3n) is 1.87. The van der Waals surface area contributed by atoms with Gasteiger partial charge in [0.05, 0.1) is 11.9 Å². The predicted molar refractivity (Wildman–Crippen MR) is 57.2 cm³/mol. The second-order valence-electron chi connectivity index (χ2n) is 3.03. The van der Waals surface area contributed by atoms with Gasteiger partial charge in [-0.3, -0.25) is 4.98 Å². The van der Waals surface area contributed by atoms with Crippen LogP contribution in [0.4, 0.5) is 5.82 Å². The zero-order valence-electron chi connectivity index (χ0n) is 8.13. The summed E-state index contributed by atoms with van der Waals surface area (Å²) in [6.07, 6.45) is 3.33. The van der Waals surface area contributed by atoms with Crippen molar-refractivity contribution in [3.63, 3.8) is 0 Å². The summed E-state index contributed by atoms with van der Waals surface area (Å²) in [5.41, 5.74) is 6.34. The van der Waals surface area contributed by atoms with E-state index in [1.807, 2.05) is 18.2 Å². The molecule has 0 fully saturated rings. The maximum Gasteiger partial charge on any atom is 0.138 e. The number of hydrogen-bond acceptors (Lipinski definition) is 4. The standard InChI is InChI=1S/C11H11N3O/c12-11-5-4-10(7-14-11)15-8-9-3-1-2-6-13-9/h1-7H,8H2,(H2,12,14). The van der Waals surface area contributed by atoms with Crippen molar-refractivity contribution in [2.24, 2.45) is 0 Å². The fourth-order valence-corrected chi connectivity index (χ4v) is 1.12. The van der Waals surface area contributed by atoms with E-state index in [1.165, 1.54) is 0 Å². The summed E-state index contributed by atoms with van der Waals surface area (Å²) < 4.78 is 5.47. The highest BCUT2D eigenvalue weighted by Gasteiger charge is 1.96. The molecule has 0 aliphatic carbocycles. The first-order valence-electron chi connectivity index (χ1n) is 4.59. The van der Waals surface area contributed by atoms with E-state index in [0.29, 0.717) is 18.2 Å². The highest BCUT2D eigenvalue weighted by Crippen LogP contribution is 2.11. The van der Waals surface area contributed by atoms with E-state index >= 15 is 0 Å². The van der Waals surface area contributed by atoms with Gasteiger partial charge in [-0.2, -0.15) is 0 Å². The second kappa shape index (κ2) is 4.41. The smallest absolute Gasteiger partial charge is 0.138 e. The molecule has 4 nitrogen and oxygen atoms in total. The molecule has 76 valence electrons. The Kier molecular flexibility index (Phi) is 2.78. The Labute approximate surface area is 87.7 Å². The number of ether oxygens (including phenoxy) is 1. The third kappa shape index (κ3) is 2.67. The summed E-state index contributed by atoms with van der Waals surface area (Å²) >= 11 is 0. The normalized spacial score (nSPS) is 9.87. The SMILES string of the molecule is Nc1ccc(OCc2ccccn2)cn1. The van der Waals surface area contributed by atoms with Gasteiger partial charge in [0.2, 0.25) is 0 Å². The number of rotatable bonds is 3. The van der Waals surface area contributed by atoms with Gasteiger partial charge >= 0.3 is 0 Å².